The Bertz CT molecular complexity index is 646. The number of benzene rings is 1. The van der Waals surface area contributed by atoms with Crippen molar-refractivity contribution in [3.05, 3.63) is 34.5 Å². The second-order valence-corrected chi connectivity index (χ2v) is 7.78. The Labute approximate surface area is 124 Å². The molecule has 108 valence electrons. The van der Waals surface area contributed by atoms with Crippen LogP contribution in [0.3, 0.4) is 0 Å². The molecule has 0 atom stereocenters. The summed E-state index contributed by atoms with van der Waals surface area (Å²) < 4.78 is 26.5. The van der Waals surface area contributed by atoms with E-state index >= 15 is 0 Å². The lowest BCUT2D eigenvalue weighted by Gasteiger charge is -2.26. The lowest BCUT2D eigenvalue weighted by molar-refractivity contribution is 0.292. The zero-order valence-corrected chi connectivity index (χ0v) is 12.7. The van der Waals surface area contributed by atoms with Gasteiger partial charge in [-0.15, -0.1) is 11.3 Å². The predicted molar refractivity (Wildman–Crippen MR) is 82.8 cm³/mol. The maximum Gasteiger partial charge on any atom is 0.132 e. The van der Waals surface area contributed by atoms with Gasteiger partial charge in [-0.2, -0.15) is 0 Å². The highest BCUT2D eigenvalue weighted by Gasteiger charge is 2.20. The lowest BCUT2D eigenvalue weighted by Crippen LogP contribution is -2.37. The summed E-state index contributed by atoms with van der Waals surface area (Å²) in [6.07, 6.45) is 0. The normalized spacial score (nSPS) is 17.9. The van der Waals surface area contributed by atoms with Crippen molar-refractivity contribution in [2.75, 3.05) is 24.6 Å². The molecule has 1 aliphatic heterocycles. The predicted octanol–water partition coefficient (Wildman–Crippen LogP) is 2.06. The summed E-state index contributed by atoms with van der Waals surface area (Å²) in [6, 6.07) is 5.18. The fourth-order valence-corrected chi connectivity index (χ4v) is 4.84. The Kier molecular flexibility index (Phi) is 4.16. The van der Waals surface area contributed by atoms with Crippen molar-refractivity contribution < 1.29 is 8.60 Å². The lowest BCUT2D eigenvalue weighted by atomic mass is 10.1. The molecule has 0 amide bonds. The number of hydrogen-bond acceptors (Lipinski definition) is 4. The summed E-state index contributed by atoms with van der Waals surface area (Å²) in [6.45, 7) is 2.75. The zero-order valence-electron chi connectivity index (χ0n) is 11.1. The number of halogens is 1. The van der Waals surface area contributed by atoms with Gasteiger partial charge in [0.25, 0.3) is 0 Å². The molecule has 0 saturated carbocycles. The maximum atomic E-state index is 14.1. The molecule has 3 rings (SSSR count). The van der Waals surface area contributed by atoms with Crippen molar-refractivity contribution >= 4 is 32.2 Å². The van der Waals surface area contributed by atoms with E-state index in [0.29, 0.717) is 30.0 Å². The Balaban J connectivity index is 1.95. The third kappa shape index (κ3) is 2.65. The number of rotatable bonds is 3. The van der Waals surface area contributed by atoms with Gasteiger partial charge in [-0.25, -0.2) is 4.39 Å². The van der Waals surface area contributed by atoms with E-state index in [1.165, 1.54) is 6.07 Å². The van der Waals surface area contributed by atoms with Crippen LogP contribution in [0.5, 0.6) is 0 Å². The molecule has 0 spiro atoms. The Morgan fingerprint density at radius 2 is 2.10 bits per heavy atom. The van der Waals surface area contributed by atoms with Crippen molar-refractivity contribution in [3.63, 3.8) is 0 Å². The minimum absolute atomic E-state index is 0.172. The Morgan fingerprint density at radius 1 is 1.35 bits per heavy atom. The standard InChI is InChI=1S/C14H17FN2OS2/c15-11-2-1-3-12-14(11)10(13(8-16)19-12)9-17-4-6-20(18)7-5-17/h1-3H,4-9,16H2. The molecule has 0 aliphatic carbocycles. The molecule has 2 heterocycles. The van der Waals surface area contributed by atoms with Crippen LogP contribution < -0.4 is 5.73 Å². The van der Waals surface area contributed by atoms with Crippen molar-refractivity contribution in [1.82, 2.24) is 4.90 Å². The molecule has 0 radical (unpaired) electrons. The van der Waals surface area contributed by atoms with Crippen LogP contribution in [0.2, 0.25) is 0 Å². The van der Waals surface area contributed by atoms with Gasteiger partial charge in [0.15, 0.2) is 0 Å². The number of hydrogen-bond donors (Lipinski definition) is 1. The molecule has 1 aliphatic rings. The third-order valence-corrected chi connectivity index (χ3v) is 6.18. The molecular formula is C14H17FN2OS2. The maximum absolute atomic E-state index is 14.1. The average Bonchev–Trinajstić information content (AvgIpc) is 2.81. The second kappa shape index (κ2) is 5.89. The summed E-state index contributed by atoms with van der Waals surface area (Å²) in [7, 11) is -0.686. The van der Waals surface area contributed by atoms with Crippen LogP contribution in [-0.4, -0.2) is 33.7 Å². The van der Waals surface area contributed by atoms with Crippen LogP contribution in [0.1, 0.15) is 10.4 Å². The first-order valence-corrected chi connectivity index (χ1v) is 8.95. The van der Waals surface area contributed by atoms with Crippen LogP contribution in [0.15, 0.2) is 18.2 Å². The first kappa shape index (κ1) is 14.1. The molecule has 6 heteroatoms. The van der Waals surface area contributed by atoms with E-state index in [4.69, 9.17) is 5.73 Å². The summed E-state index contributed by atoms with van der Waals surface area (Å²) in [4.78, 5) is 3.30. The van der Waals surface area contributed by atoms with E-state index < -0.39 is 10.8 Å². The molecular weight excluding hydrogens is 295 g/mol. The third-order valence-electron chi connectivity index (χ3n) is 3.68. The van der Waals surface area contributed by atoms with E-state index in [1.807, 2.05) is 6.07 Å². The highest BCUT2D eigenvalue weighted by Crippen LogP contribution is 2.34. The average molecular weight is 312 g/mol. The number of thiophene rings is 1. The van der Waals surface area contributed by atoms with Gasteiger partial charge in [0.1, 0.15) is 5.82 Å². The van der Waals surface area contributed by atoms with Crippen molar-refractivity contribution in [3.8, 4) is 0 Å². The molecule has 1 aromatic heterocycles. The summed E-state index contributed by atoms with van der Waals surface area (Å²) in [5.41, 5.74) is 6.82. The van der Waals surface area contributed by atoms with Crippen molar-refractivity contribution in [1.29, 1.82) is 0 Å². The van der Waals surface area contributed by atoms with Gasteiger partial charge in [0.05, 0.1) is 0 Å². The Morgan fingerprint density at radius 3 is 2.80 bits per heavy atom. The van der Waals surface area contributed by atoms with Gasteiger partial charge in [-0.05, 0) is 17.7 Å². The fourth-order valence-electron chi connectivity index (χ4n) is 2.61. The minimum Gasteiger partial charge on any atom is -0.326 e. The molecule has 0 unspecified atom stereocenters. The largest absolute Gasteiger partial charge is 0.326 e. The van der Waals surface area contributed by atoms with Crippen LogP contribution in [-0.2, 0) is 23.9 Å². The van der Waals surface area contributed by atoms with Crippen LogP contribution in [0.4, 0.5) is 4.39 Å². The SMILES string of the molecule is NCc1sc2cccc(F)c2c1CN1CCS(=O)CC1. The molecule has 2 aromatic rings. The van der Waals surface area contributed by atoms with Crippen molar-refractivity contribution in [2.45, 2.75) is 13.1 Å². The van der Waals surface area contributed by atoms with E-state index in [0.717, 1.165) is 28.2 Å². The number of nitrogens with two attached hydrogens (primary N) is 1. The molecule has 0 bridgehead atoms. The Hall–Kier alpha value is -0.820. The molecule has 20 heavy (non-hydrogen) atoms. The van der Waals surface area contributed by atoms with E-state index in [2.05, 4.69) is 4.90 Å². The molecule has 1 aromatic carbocycles. The van der Waals surface area contributed by atoms with Crippen molar-refractivity contribution in [2.24, 2.45) is 5.73 Å². The van der Waals surface area contributed by atoms with Gasteiger partial charge >= 0.3 is 0 Å². The first-order valence-electron chi connectivity index (χ1n) is 6.65. The van der Waals surface area contributed by atoms with Crippen LogP contribution >= 0.6 is 11.3 Å². The zero-order chi connectivity index (χ0) is 14.1. The smallest absolute Gasteiger partial charge is 0.132 e. The van der Waals surface area contributed by atoms with E-state index in [9.17, 15) is 8.60 Å². The van der Waals surface area contributed by atoms with Crippen LogP contribution in [0.25, 0.3) is 10.1 Å². The van der Waals surface area contributed by atoms with Gasteiger partial charge in [0.2, 0.25) is 0 Å². The second-order valence-electron chi connectivity index (χ2n) is 4.95. The topological polar surface area (TPSA) is 46.3 Å². The molecule has 1 fully saturated rings. The van der Waals surface area contributed by atoms with Gasteiger partial charge in [-0.1, -0.05) is 6.07 Å². The molecule has 3 nitrogen and oxygen atoms in total. The van der Waals surface area contributed by atoms with E-state index in [1.54, 1.807) is 17.4 Å². The van der Waals surface area contributed by atoms with Gasteiger partial charge in [-0.3, -0.25) is 9.11 Å². The number of fused-ring (bicyclic) bond motifs is 1. The quantitative estimate of drug-likeness (QED) is 0.944. The highest BCUT2D eigenvalue weighted by molar-refractivity contribution is 7.85. The number of nitrogens with zero attached hydrogens (tertiary/aromatic N) is 1. The van der Waals surface area contributed by atoms with Gasteiger partial charge < -0.3 is 5.73 Å². The molecule has 2 N–H and O–H groups in total. The summed E-state index contributed by atoms with van der Waals surface area (Å²) in [5, 5.41) is 0.713. The highest BCUT2D eigenvalue weighted by atomic mass is 32.2. The summed E-state index contributed by atoms with van der Waals surface area (Å²) >= 11 is 1.58. The van der Waals surface area contributed by atoms with Gasteiger partial charge in [0, 0.05) is 63.4 Å². The first-order chi connectivity index (χ1) is 9.69. The molecule has 1 saturated heterocycles. The van der Waals surface area contributed by atoms with E-state index in [-0.39, 0.29) is 5.82 Å². The monoisotopic (exact) mass is 312 g/mol. The minimum atomic E-state index is -0.686. The van der Waals surface area contributed by atoms with Crippen LogP contribution in [0, 0.1) is 5.82 Å². The summed E-state index contributed by atoms with van der Waals surface area (Å²) in [5.74, 6) is 1.25. The fraction of sp³-hybridized carbons (Fsp3) is 0.429.